The van der Waals surface area contributed by atoms with Crippen LogP contribution in [-0.2, 0) is 52.6 Å². The van der Waals surface area contributed by atoms with Crippen LogP contribution in [0.15, 0.2) is 33.0 Å². The molecule has 0 bridgehead atoms. The van der Waals surface area contributed by atoms with Gasteiger partial charge in [0.25, 0.3) is 5.91 Å². The summed E-state index contributed by atoms with van der Waals surface area (Å²) >= 11 is 3.89. The van der Waals surface area contributed by atoms with Crippen molar-refractivity contribution in [3.8, 4) is 0 Å². The maximum Gasteiger partial charge on any atom is 0.485 e. The van der Waals surface area contributed by atoms with Crippen molar-refractivity contribution in [2.75, 3.05) is 26.6 Å². The molecule has 1 N–H and O–H groups in total. The molecule has 0 spiro atoms. The molecule has 1 aromatic carbocycles. The predicted octanol–water partition coefficient (Wildman–Crippen LogP) is 4.42. The molecule has 12 heteroatoms. The number of nitrogens with zero attached hydrogens (tertiary/aromatic N) is 1. The van der Waals surface area contributed by atoms with E-state index in [0.717, 1.165) is 17.2 Å². The Bertz CT molecular complexity index is 1070. The maximum atomic E-state index is 13.2. The molecular weight excluding hydrogens is 541 g/mol. The molecule has 0 saturated carbocycles. The first-order chi connectivity index (χ1) is 16.3. The van der Waals surface area contributed by atoms with E-state index in [1.807, 2.05) is 6.07 Å². The van der Waals surface area contributed by atoms with Crippen LogP contribution in [0.2, 0.25) is 25.7 Å². The predicted molar refractivity (Wildman–Crippen MR) is 136 cm³/mol. The summed E-state index contributed by atoms with van der Waals surface area (Å²) in [6, 6.07) is 4.60. The summed E-state index contributed by atoms with van der Waals surface area (Å²) < 4.78 is 22.6. The van der Waals surface area contributed by atoms with Crippen molar-refractivity contribution < 1.29 is 54.7 Å². The number of benzene rings is 1. The van der Waals surface area contributed by atoms with E-state index in [0.29, 0.717) is 42.7 Å². The Labute approximate surface area is 228 Å². The van der Waals surface area contributed by atoms with E-state index in [4.69, 9.17) is 18.3 Å². The quantitative estimate of drug-likeness (QED) is 0.124. The number of carbonyl (C=O) groups excluding carboxylic acids is 2. The van der Waals surface area contributed by atoms with Crippen LogP contribution in [-0.4, -0.2) is 56.4 Å². The first kappa shape index (κ1) is 30.1. The Morgan fingerprint density at radius 1 is 1.34 bits per heavy atom. The van der Waals surface area contributed by atoms with Crippen molar-refractivity contribution >= 4 is 57.0 Å². The molecule has 8 nitrogen and oxygen atoms in total. The first-order valence-corrected chi connectivity index (χ1v) is 16.5. The molecule has 0 radical (unpaired) electrons. The number of fused-ring (bicyclic) bond motifs is 2. The van der Waals surface area contributed by atoms with Gasteiger partial charge in [-0.3, -0.25) is 23.3 Å². The normalized spacial score (nSPS) is 19.5. The molecule has 2 aliphatic rings. The number of likely N-dealkylation sites (tertiary alicyclic amines) is 1. The van der Waals surface area contributed by atoms with Crippen molar-refractivity contribution in [3.05, 3.63) is 35.3 Å². The van der Waals surface area contributed by atoms with Crippen molar-refractivity contribution in [2.24, 2.45) is 5.92 Å². The molecule has 2 heterocycles. The van der Waals surface area contributed by atoms with Gasteiger partial charge in [0.05, 0.1) is 12.7 Å². The van der Waals surface area contributed by atoms with Crippen LogP contribution >= 0.6 is 8.02 Å². The summed E-state index contributed by atoms with van der Waals surface area (Å²) in [4.78, 5) is 26.7. The number of amides is 2. The van der Waals surface area contributed by atoms with Gasteiger partial charge in [0.2, 0.25) is 5.91 Å². The minimum Gasteiger partial charge on any atom is -0.396 e. The largest absolute Gasteiger partial charge is 0.485 e. The van der Waals surface area contributed by atoms with Gasteiger partial charge in [-0.1, -0.05) is 31.4 Å². The van der Waals surface area contributed by atoms with Crippen LogP contribution in [0.5, 0.6) is 0 Å². The van der Waals surface area contributed by atoms with Gasteiger partial charge in [0.1, 0.15) is 6.79 Å². The van der Waals surface area contributed by atoms with E-state index >= 15 is 0 Å². The van der Waals surface area contributed by atoms with E-state index in [1.165, 1.54) is 11.4 Å². The number of ether oxygens (including phenoxy) is 2. The fourth-order valence-corrected chi connectivity index (χ4v) is 4.88. The molecule has 2 atom stereocenters. The summed E-state index contributed by atoms with van der Waals surface area (Å²) in [7, 11) is 1.33. The molecule has 2 amide bonds. The number of imide groups is 1. The van der Waals surface area contributed by atoms with Gasteiger partial charge >= 0.3 is 17.6 Å². The second-order valence-corrected chi connectivity index (χ2v) is 15.1. The van der Waals surface area contributed by atoms with Crippen molar-refractivity contribution in [3.63, 3.8) is 0 Å². The summed E-state index contributed by atoms with van der Waals surface area (Å²) in [5, 5.41) is 10.2. The van der Waals surface area contributed by atoms with E-state index < -0.39 is 20.1 Å². The molecule has 4 rings (SSSR count). The third-order valence-electron chi connectivity index (χ3n) is 5.97. The van der Waals surface area contributed by atoms with E-state index in [2.05, 4.69) is 39.5 Å². The molecular formula is C23H31NO7PSSiTi+. The van der Waals surface area contributed by atoms with Gasteiger partial charge in [0.15, 0.2) is 0 Å². The molecule has 1 aliphatic carbocycles. The average molecular weight is 572 g/mol. The number of carbonyl (C=O) groups is 2. The van der Waals surface area contributed by atoms with Gasteiger partial charge in [-0.15, -0.1) is 0 Å². The summed E-state index contributed by atoms with van der Waals surface area (Å²) in [6.07, 6.45) is 2.10. The van der Waals surface area contributed by atoms with Crippen LogP contribution in [0.25, 0.3) is 17.2 Å². The smallest absolute Gasteiger partial charge is 0.396 e. The Morgan fingerprint density at radius 2 is 2.09 bits per heavy atom. The molecule has 35 heavy (non-hydrogen) atoms. The molecule has 1 aliphatic heterocycles. The number of aliphatic hydroxyl groups excluding tert-OH is 1. The third kappa shape index (κ3) is 7.23. The van der Waals surface area contributed by atoms with E-state index in [1.54, 1.807) is 12.1 Å². The van der Waals surface area contributed by atoms with Gasteiger partial charge in [-0.25, -0.2) is 0 Å². The minimum atomic E-state index is -1.23. The zero-order chi connectivity index (χ0) is 24.9. The monoisotopic (exact) mass is 572 g/mol. The van der Waals surface area contributed by atoms with Crippen LogP contribution in [0.4, 0.5) is 0 Å². The molecule has 188 valence electrons. The Kier molecular flexibility index (Phi) is 11.6. The molecule has 1 aromatic heterocycles. The van der Waals surface area contributed by atoms with Crippen molar-refractivity contribution in [1.29, 1.82) is 0 Å². The van der Waals surface area contributed by atoms with Crippen LogP contribution in [0.1, 0.15) is 30.1 Å². The Hall–Kier alpha value is -1.10. The van der Waals surface area contributed by atoms with Gasteiger partial charge in [-0.05, 0) is 37.7 Å². The second kappa shape index (κ2) is 13.4. The fourth-order valence-electron chi connectivity index (χ4n) is 4.13. The van der Waals surface area contributed by atoms with Crippen molar-refractivity contribution in [2.45, 2.75) is 44.6 Å². The average Bonchev–Trinajstić information content (AvgIpc) is 3.45. The molecule has 0 unspecified atom stereocenters. The number of aliphatic hydroxyl groups is 1. The molecule has 2 aromatic rings. The van der Waals surface area contributed by atoms with Crippen LogP contribution < -0.4 is 0 Å². The Balaban J connectivity index is 0.00000140. The summed E-state index contributed by atoms with van der Waals surface area (Å²) in [6.45, 7) is 8.79. The van der Waals surface area contributed by atoms with Gasteiger partial charge in [0, 0.05) is 73.0 Å². The SMILES string of the molecule is C[Si](C)(C)CCOCO[C@H]1c2cc3oc[o+]c3cc2C=C(C(=O)N2CCCC2=O)[C@@H]1CO.P=S.[Ti]. The van der Waals surface area contributed by atoms with Gasteiger partial charge < -0.3 is 14.6 Å². The van der Waals surface area contributed by atoms with Crippen LogP contribution in [0, 0.1) is 5.92 Å². The third-order valence-corrected chi connectivity index (χ3v) is 7.68. The summed E-state index contributed by atoms with van der Waals surface area (Å²) in [5.74, 6) is -1.20. The number of rotatable bonds is 8. The topological polar surface area (TPSA) is 101 Å². The van der Waals surface area contributed by atoms with Crippen molar-refractivity contribution in [1.82, 2.24) is 4.90 Å². The van der Waals surface area contributed by atoms with E-state index in [-0.39, 0.29) is 46.9 Å². The van der Waals surface area contributed by atoms with Gasteiger partial charge in [-0.2, -0.15) is 0 Å². The number of hydrogen-bond donors (Lipinski definition) is 1. The maximum absolute atomic E-state index is 13.2. The fraction of sp³-hybridized carbons (Fsp3) is 0.522. The number of hydrogen-bond acceptors (Lipinski definition) is 7. The second-order valence-electron chi connectivity index (χ2n) is 9.53. The standard InChI is InChI=1S/C23H30NO7Si.HPS.Ti/c1-32(2,3)8-7-28-13-31-22-16-11-20-19(29-14-30-20)10-15(16)9-17(18(22)12-25)23(27)24-6-4-5-21(24)26;1-2;/h9-11,14,18,22,25H,4-8,12-13H2,1-3H3;1H;/q+1;;/t18-,22-;;/m0../s1. The zero-order valence-electron chi connectivity index (χ0n) is 20.2. The molecule has 1 saturated heterocycles. The van der Waals surface area contributed by atoms with E-state index in [9.17, 15) is 14.7 Å². The molecule has 1 fully saturated rings. The Morgan fingerprint density at radius 3 is 2.71 bits per heavy atom. The minimum absolute atomic E-state index is 0. The zero-order valence-corrected chi connectivity index (χ0v) is 24.5. The summed E-state index contributed by atoms with van der Waals surface area (Å²) in [5.41, 5.74) is 2.95. The van der Waals surface area contributed by atoms with Crippen LogP contribution in [0.3, 0.4) is 0 Å². The first-order valence-electron chi connectivity index (χ1n) is 11.2.